The van der Waals surface area contributed by atoms with E-state index in [-0.39, 0.29) is 48.7 Å². The third-order valence-electron chi connectivity index (χ3n) is 4.98. The third kappa shape index (κ3) is 6.09. The number of imidazole rings is 1. The molecular formula is C25H29F2N3O4. The predicted molar refractivity (Wildman–Crippen MR) is 123 cm³/mol. The van der Waals surface area contributed by atoms with Gasteiger partial charge in [0.05, 0.1) is 11.3 Å². The molecule has 0 aliphatic heterocycles. The molecule has 1 unspecified atom stereocenters. The van der Waals surface area contributed by atoms with E-state index >= 15 is 0 Å². The van der Waals surface area contributed by atoms with Crippen molar-refractivity contribution in [2.24, 2.45) is 5.92 Å². The minimum Gasteiger partial charge on any atom is -0.485 e. The van der Waals surface area contributed by atoms with Crippen molar-refractivity contribution >= 4 is 17.5 Å². The molecule has 0 saturated heterocycles. The van der Waals surface area contributed by atoms with Crippen molar-refractivity contribution in [1.29, 1.82) is 0 Å². The fourth-order valence-electron chi connectivity index (χ4n) is 3.45. The average Bonchev–Trinajstić information content (AvgIpc) is 3.06. The van der Waals surface area contributed by atoms with Gasteiger partial charge in [0.2, 0.25) is 0 Å². The van der Waals surface area contributed by atoms with E-state index in [1.165, 1.54) is 6.07 Å². The summed E-state index contributed by atoms with van der Waals surface area (Å²) in [5, 5.41) is 2.83. The molecule has 1 N–H and O–H groups in total. The van der Waals surface area contributed by atoms with Crippen molar-refractivity contribution in [3.05, 3.63) is 65.1 Å². The summed E-state index contributed by atoms with van der Waals surface area (Å²) in [7, 11) is 0. The predicted octanol–water partition coefficient (Wildman–Crippen LogP) is 4.60. The Morgan fingerprint density at radius 3 is 2.47 bits per heavy atom. The lowest BCUT2D eigenvalue weighted by Gasteiger charge is -2.21. The summed E-state index contributed by atoms with van der Waals surface area (Å²) in [4.78, 5) is 29.3. The number of aryl methyl sites for hydroxylation is 1. The molecule has 7 nitrogen and oxygen atoms in total. The normalized spacial score (nSPS) is 12.4. The summed E-state index contributed by atoms with van der Waals surface area (Å²) >= 11 is 0. The van der Waals surface area contributed by atoms with E-state index in [4.69, 9.17) is 9.47 Å². The maximum absolute atomic E-state index is 13.9. The van der Waals surface area contributed by atoms with Gasteiger partial charge in [0.15, 0.2) is 11.4 Å². The van der Waals surface area contributed by atoms with E-state index in [2.05, 4.69) is 10.3 Å². The second kappa shape index (κ2) is 10.2. The lowest BCUT2D eigenvalue weighted by atomic mass is 10.1. The maximum Gasteiger partial charge on any atom is 0.306 e. The molecule has 0 spiro atoms. The molecule has 0 radical (unpaired) electrons. The molecule has 2 aromatic heterocycles. The van der Waals surface area contributed by atoms with Gasteiger partial charge in [-0.3, -0.25) is 14.0 Å². The number of aromatic nitrogens is 2. The minimum absolute atomic E-state index is 0.132. The lowest BCUT2D eigenvalue weighted by Crippen LogP contribution is -2.32. The third-order valence-corrected chi connectivity index (χ3v) is 4.98. The molecule has 0 saturated carbocycles. The summed E-state index contributed by atoms with van der Waals surface area (Å²) in [5.74, 6) is -1.94. The quantitative estimate of drug-likeness (QED) is 0.484. The highest BCUT2D eigenvalue weighted by atomic mass is 19.1. The zero-order valence-electron chi connectivity index (χ0n) is 19.9. The van der Waals surface area contributed by atoms with Gasteiger partial charge >= 0.3 is 5.97 Å². The van der Waals surface area contributed by atoms with Crippen LogP contribution in [0, 0.1) is 24.5 Å². The van der Waals surface area contributed by atoms with Crippen LogP contribution in [0.15, 0.2) is 36.5 Å². The van der Waals surface area contributed by atoms with Gasteiger partial charge < -0.3 is 14.8 Å². The first-order chi connectivity index (χ1) is 16.0. The highest BCUT2D eigenvalue weighted by Crippen LogP contribution is 2.24. The topological polar surface area (TPSA) is 81.9 Å². The molecule has 3 aromatic rings. The highest BCUT2D eigenvalue weighted by molar-refractivity contribution is 5.95. The lowest BCUT2D eigenvalue weighted by molar-refractivity contribution is -0.155. The van der Waals surface area contributed by atoms with Crippen LogP contribution in [0.4, 0.5) is 8.78 Å². The molecule has 1 aromatic carbocycles. The highest BCUT2D eigenvalue weighted by Gasteiger charge is 2.22. The molecule has 1 atom stereocenters. The Labute approximate surface area is 197 Å². The first kappa shape index (κ1) is 25.1. The van der Waals surface area contributed by atoms with Crippen molar-refractivity contribution in [1.82, 2.24) is 14.7 Å². The Kier molecular flexibility index (Phi) is 7.54. The van der Waals surface area contributed by atoms with Crippen LogP contribution in [0.2, 0.25) is 0 Å². The van der Waals surface area contributed by atoms with Crippen molar-refractivity contribution in [3.63, 3.8) is 0 Å². The smallest absolute Gasteiger partial charge is 0.306 e. The van der Waals surface area contributed by atoms with E-state index in [1.807, 2.05) is 6.92 Å². The number of hydrogen-bond donors (Lipinski definition) is 1. The van der Waals surface area contributed by atoms with Crippen molar-refractivity contribution in [2.45, 2.75) is 53.2 Å². The fraction of sp³-hybridized carbons (Fsp3) is 0.400. The number of esters is 1. The van der Waals surface area contributed by atoms with Crippen LogP contribution in [0.5, 0.6) is 5.75 Å². The van der Waals surface area contributed by atoms with Crippen LogP contribution < -0.4 is 10.1 Å². The molecule has 182 valence electrons. The number of hydrogen-bond acceptors (Lipinski definition) is 5. The first-order valence-electron chi connectivity index (χ1n) is 11.0. The Morgan fingerprint density at radius 2 is 1.82 bits per heavy atom. The van der Waals surface area contributed by atoms with Gasteiger partial charge in [-0.05, 0) is 57.9 Å². The Balaban J connectivity index is 1.71. The number of amides is 1. The first-order valence-corrected chi connectivity index (χ1v) is 11.0. The van der Waals surface area contributed by atoms with Gasteiger partial charge in [0.25, 0.3) is 5.91 Å². The van der Waals surface area contributed by atoms with Gasteiger partial charge in [-0.2, -0.15) is 0 Å². The number of carbonyl (C=O) groups excluding carboxylic acids is 2. The zero-order chi connectivity index (χ0) is 25.0. The van der Waals surface area contributed by atoms with Crippen LogP contribution in [0.3, 0.4) is 0 Å². The largest absolute Gasteiger partial charge is 0.485 e. The van der Waals surface area contributed by atoms with Gasteiger partial charge in [-0.15, -0.1) is 0 Å². The monoisotopic (exact) mass is 473 g/mol. The van der Waals surface area contributed by atoms with Gasteiger partial charge in [0.1, 0.15) is 29.5 Å². The maximum atomic E-state index is 13.9. The number of nitrogens with one attached hydrogen (secondary N) is 1. The van der Waals surface area contributed by atoms with E-state index < -0.39 is 17.2 Å². The number of nitrogens with zero attached hydrogens (tertiary/aromatic N) is 2. The Bertz CT molecular complexity index is 1180. The Morgan fingerprint density at radius 1 is 1.15 bits per heavy atom. The van der Waals surface area contributed by atoms with Crippen LogP contribution in [-0.4, -0.2) is 33.4 Å². The van der Waals surface area contributed by atoms with E-state index in [0.717, 1.165) is 12.1 Å². The number of rotatable bonds is 8. The van der Waals surface area contributed by atoms with Crippen molar-refractivity contribution < 1.29 is 27.8 Å². The summed E-state index contributed by atoms with van der Waals surface area (Å²) in [5.41, 5.74) is 0.367. The second-order valence-electron chi connectivity index (χ2n) is 9.21. The molecular weight excluding hydrogens is 444 g/mol. The molecule has 1 amide bonds. The van der Waals surface area contributed by atoms with Gasteiger partial charge in [-0.25, -0.2) is 13.8 Å². The summed E-state index contributed by atoms with van der Waals surface area (Å²) < 4.78 is 40.4. The van der Waals surface area contributed by atoms with Crippen LogP contribution in [0.1, 0.15) is 55.9 Å². The van der Waals surface area contributed by atoms with Crippen molar-refractivity contribution in [2.75, 3.05) is 6.54 Å². The number of carbonyl (C=O) groups is 2. The minimum atomic E-state index is -0.702. The summed E-state index contributed by atoms with van der Waals surface area (Å²) in [6.45, 7) is 8.88. The van der Waals surface area contributed by atoms with Crippen LogP contribution >= 0.6 is 0 Å². The molecule has 0 fully saturated rings. The summed E-state index contributed by atoms with van der Waals surface area (Å²) in [6.07, 6.45) is 1.83. The zero-order valence-corrected chi connectivity index (χ0v) is 19.9. The fourth-order valence-corrected chi connectivity index (χ4v) is 3.45. The summed E-state index contributed by atoms with van der Waals surface area (Å²) in [6, 6.07) is 6.88. The number of fused-ring (bicyclic) bond motifs is 1. The standard InChI is InChI=1S/C25H29F2N3O4/c1-15(12-21(31)34-25(3,4)5)13-28-24(32)22-16(2)29-23-20(10-7-11-30(22)23)33-14-17-18(26)8-6-9-19(17)27/h6-11,15H,12-14H2,1-5H3,(H,28,32). The van der Waals surface area contributed by atoms with E-state index in [1.54, 1.807) is 50.4 Å². The Hall–Kier alpha value is -3.49. The number of ether oxygens (including phenoxy) is 2. The molecule has 9 heteroatoms. The second-order valence-corrected chi connectivity index (χ2v) is 9.21. The van der Waals surface area contributed by atoms with Gasteiger partial charge in [-0.1, -0.05) is 13.0 Å². The number of pyridine rings is 1. The average molecular weight is 474 g/mol. The molecule has 2 heterocycles. The van der Waals surface area contributed by atoms with Crippen molar-refractivity contribution in [3.8, 4) is 5.75 Å². The molecule has 0 bridgehead atoms. The van der Waals surface area contributed by atoms with Crippen LogP contribution in [0.25, 0.3) is 5.65 Å². The van der Waals surface area contributed by atoms with E-state index in [9.17, 15) is 18.4 Å². The molecule has 34 heavy (non-hydrogen) atoms. The SMILES string of the molecule is Cc1nc2c(OCc3c(F)cccc3F)cccn2c1C(=O)NCC(C)CC(=O)OC(C)(C)C. The number of halogens is 2. The molecule has 0 aliphatic carbocycles. The molecule has 3 rings (SSSR count). The molecule has 0 aliphatic rings. The van der Waals surface area contributed by atoms with E-state index in [0.29, 0.717) is 17.0 Å². The number of benzene rings is 1. The van der Waals surface area contributed by atoms with Crippen LogP contribution in [-0.2, 0) is 16.1 Å². The van der Waals surface area contributed by atoms with Gasteiger partial charge in [0, 0.05) is 19.2 Å².